The molecule has 0 amide bonds. The van der Waals surface area contributed by atoms with Gasteiger partial charge in [-0.3, -0.25) is 4.79 Å². The minimum absolute atomic E-state index is 0.229. The molecule has 6 nitrogen and oxygen atoms in total. The van der Waals surface area contributed by atoms with Gasteiger partial charge in [-0.15, -0.1) is 0 Å². The van der Waals surface area contributed by atoms with Crippen LogP contribution < -0.4 is 20.5 Å². The second-order valence-corrected chi connectivity index (χ2v) is 4.11. The first-order valence-electron chi connectivity index (χ1n) is 6.53. The molecule has 0 aliphatic rings. The first kappa shape index (κ1) is 16.1. The number of anilines is 1. The van der Waals surface area contributed by atoms with Crippen molar-refractivity contribution in [2.45, 2.75) is 12.8 Å². The van der Waals surface area contributed by atoms with Gasteiger partial charge >= 0.3 is 5.97 Å². The van der Waals surface area contributed by atoms with Crippen molar-refractivity contribution in [3.8, 4) is 11.5 Å². The Hall–Kier alpha value is -1.95. The van der Waals surface area contributed by atoms with E-state index >= 15 is 0 Å². The summed E-state index contributed by atoms with van der Waals surface area (Å²) in [4.78, 5) is 11.0. The molecule has 1 aromatic rings. The van der Waals surface area contributed by atoms with Crippen molar-refractivity contribution >= 4 is 11.7 Å². The largest absolute Gasteiger partial charge is 0.494 e. The Morgan fingerprint density at radius 2 is 2.15 bits per heavy atom. The van der Waals surface area contributed by atoms with Gasteiger partial charge in [0.25, 0.3) is 0 Å². The second-order valence-electron chi connectivity index (χ2n) is 4.11. The summed E-state index contributed by atoms with van der Waals surface area (Å²) in [5.74, 6) is 1.17. The summed E-state index contributed by atoms with van der Waals surface area (Å²) in [5.41, 5.74) is 6.32. The predicted molar refractivity (Wildman–Crippen MR) is 77.3 cm³/mol. The van der Waals surface area contributed by atoms with Crippen LogP contribution in [0.15, 0.2) is 18.2 Å². The van der Waals surface area contributed by atoms with Crippen LogP contribution >= 0.6 is 0 Å². The van der Waals surface area contributed by atoms with E-state index in [1.54, 1.807) is 13.2 Å². The Labute approximate surface area is 119 Å². The molecule has 1 rings (SSSR count). The summed E-state index contributed by atoms with van der Waals surface area (Å²) >= 11 is 0. The molecule has 3 N–H and O–H groups in total. The van der Waals surface area contributed by atoms with Gasteiger partial charge in [-0.1, -0.05) is 0 Å². The number of nitrogens with two attached hydrogens (primary N) is 1. The lowest BCUT2D eigenvalue weighted by Crippen LogP contribution is -2.13. The number of ether oxygens (including phenoxy) is 3. The minimum atomic E-state index is -0.229. The molecule has 0 aliphatic carbocycles. The van der Waals surface area contributed by atoms with E-state index in [1.165, 1.54) is 7.11 Å². The fourth-order valence-corrected chi connectivity index (χ4v) is 1.62. The number of rotatable bonds is 9. The molecule has 0 unspecified atom stereocenters. The molecule has 1 aromatic carbocycles. The normalized spacial score (nSPS) is 9.95. The maximum absolute atomic E-state index is 11.0. The zero-order valence-corrected chi connectivity index (χ0v) is 12.0. The monoisotopic (exact) mass is 282 g/mol. The van der Waals surface area contributed by atoms with Crippen LogP contribution in [0.5, 0.6) is 11.5 Å². The van der Waals surface area contributed by atoms with Crippen molar-refractivity contribution in [1.29, 1.82) is 0 Å². The Balaban J connectivity index is 2.48. The van der Waals surface area contributed by atoms with Crippen molar-refractivity contribution in [2.24, 2.45) is 5.73 Å². The maximum Gasteiger partial charge on any atom is 0.305 e. The molecular formula is C14H22N2O4. The summed E-state index contributed by atoms with van der Waals surface area (Å²) in [5, 5.41) is 3.16. The summed E-state index contributed by atoms with van der Waals surface area (Å²) in [6.45, 7) is 1.68. The van der Waals surface area contributed by atoms with Crippen molar-refractivity contribution < 1.29 is 19.0 Å². The third kappa shape index (κ3) is 5.36. The van der Waals surface area contributed by atoms with Crippen LogP contribution in [0.3, 0.4) is 0 Å². The Morgan fingerprint density at radius 1 is 1.35 bits per heavy atom. The molecular weight excluding hydrogens is 260 g/mol. The molecule has 0 spiro atoms. The fraction of sp³-hybridized carbons (Fsp3) is 0.500. The molecule has 0 aliphatic heterocycles. The first-order valence-corrected chi connectivity index (χ1v) is 6.53. The molecule has 0 radical (unpaired) electrons. The molecule has 0 saturated heterocycles. The van der Waals surface area contributed by atoms with E-state index in [1.807, 2.05) is 12.1 Å². The number of esters is 1. The minimum Gasteiger partial charge on any atom is -0.494 e. The van der Waals surface area contributed by atoms with Crippen LogP contribution in [0, 0.1) is 0 Å². The zero-order valence-electron chi connectivity index (χ0n) is 12.0. The van der Waals surface area contributed by atoms with Crippen LogP contribution in [0.2, 0.25) is 0 Å². The van der Waals surface area contributed by atoms with E-state index in [2.05, 4.69) is 10.1 Å². The van der Waals surface area contributed by atoms with Crippen LogP contribution in [0.25, 0.3) is 0 Å². The Morgan fingerprint density at radius 3 is 2.80 bits per heavy atom. The van der Waals surface area contributed by atoms with Gasteiger partial charge in [-0.2, -0.15) is 0 Å². The molecule has 0 heterocycles. The number of methoxy groups -OCH3 is 2. The van der Waals surface area contributed by atoms with Gasteiger partial charge in [-0.25, -0.2) is 0 Å². The van der Waals surface area contributed by atoms with E-state index in [-0.39, 0.29) is 5.97 Å². The lowest BCUT2D eigenvalue weighted by Gasteiger charge is -2.12. The van der Waals surface area contributed by atoms with Gasteiger partial charge in [0.2, 0.25) is 0 Å². The third-order valence-electron chi connectivity index (χ3n) is 2.65. The lowest BCUT2D eigenvalue weighted by atomic mass is 10.2. The van der Waals surface area contributed by atoms with Gasteiger partial charge in [0.1, 0.15) is 11.5 Å². The van der Waals surface area contributed by atoms with Gasteiger partial charge in [0.05, 0.1) is 26.5 Å². The van der Waals surface area contributed by atoms with Crippen molar-refractivity contribution in [3.05, 3.63) is 18.2 Å². The van der Waals surface area contributed by atoms with Crippen LogP contribution in [-0.2, 0) is 9.53 Å². The molecule has 112 valence electrons. The van der Waals surface area contributed by atoms with Gasteiger partial charge in [-0.05, 0) is 18.6 Å². The molecule has 0 fully saturated rings. The Bertz CT molecular complexity index is 424. The third-order valence-corrected chi connectivity index (χ3v) is 2.65. The number of carbonyl (C=O) groups excluding carboxylic acids is 1. The van der Waals surface area contributed by atoms with E-state index in [0.717, 1.165) is 5.69 Å². The highest BCUT2D eigenvalue weighted by Crippen LogP contribution is 2.29. The van der Waals surface area contributed by atoms with E-state index < -0.39 is 0 Å². The zero-order chi connectivity index (χ0) is 14.8. The number of carbonyl (C=O) groups is 1. The molecule has 0 bridgehead atoms. The number of hydrogen-bond donors (Lipinski definition) is 2. The quantitative estimate of drug-likeness (QED) is 0.526. The maximum atomic E-state index is 11.0. The van der Waals surface area contributed by atoms with E-state index in [0.29, 0.717) is 44.0 Å². The predicted octanol–water partition coefficient (Wildman–Crippen LogP) is 1.40. The molecule has 0 saturated carbocycles. The highest BCUT2D eigenvalue weighted by molar-refractivity contribution is 5.69. The van der Waals surface area contributed by atoms with Gasteiger partial charge in [0.15, 0.2) is 0 Å². The SMILES string of the molecule is COC(=O)CCCOc1ccc(NCCN)c(OC)c1. The average molecular weight is 282 g/mol. The summed E-state index contributed by atoms with van der Waals surface area (Å²) in [7, 11) is 2.98. The summed E-state index contributed by atoms with van der Waals surface area (Å²) in [6.07, 6.45) is 0.964. The van der Waals surface area contributed by atoms with Crippen molar-refractivity contribution in [2.75, 3.05) is 39.2 Å². The highest BCUT2D eigenvalue weighted by Gasteiger charge is 2.05. The molecule has 6 heteroatoms. The fourth-order valence-electron chi connectivity index (χ4n) is 1.62. The Kier molecular flexibility index (Phi) is 7.27. The standard InChI is InChI=1S/C14H22N2O4/c1-18-13-10-11(5-6-12(13)16-8-7-15)20-9-3-4-14(17)19-2/h5-6,10,16H,3-4,7-9,15H2,1-2H3. The number of nitrogens with one attached hydrogen (secondary N) is 1. The van der Waals surface area contributed by atoms with Crippen LogP contribution in [0.4, 0.5) is 5.69 Å². The molecule has 0 atom stereocenters. The first-order chi connectivity index (χ1) is 9.71. The van der Waals surface area contributed by atoms with Crippen molar-refractivity contribution in [1.82, 2.24) is 0 Å². The van der Waals surface area contributed by atoms with E-state index in [9.17, 15) is 4.79 Å². The highest BCUT2D eigenvalue weighted by atomic mass is 16.5. The van der Waals surface area contributed by atoms with Crippen LogP contribution in [-0.4, -0.2) is 39.9 Å². The molecule has 0 aromatic heterocycles. The molecule has 20 heavy (non-hydrogen) atoms. The average Bonchev–Trinajstić information content (AvgIpc) is 2.49. The lowest BCUT2D eigenvalue weighted by molar-refractivity contribution is -0.140. The summed E-state index contributed by atoms with van der Waals surface area (Å²) < 4.78 is 15.4. The second kappa shape index (κ2) is 9.03. The summed E-state index contributed by atoms with van der Waals surface area (Å²) in [6, 6.07) is 5.53. The number of hydrogen-bond acceptors (Lipinski definition) is 6. The van der Waals surface area contributed by atoms with Gasteiger partial charge < -0.3 is 25.3 Å². The van der Waals surface area contributed by atoms with E-state index in [4.69, 9.17) is 15.2 Å². The van der Waals surface area contributed by atoms with Crippen LogP contribution in [0.1, 0.15) is 12.8 Å². The topological polar surface area (TPSA) is 82.8 Å². The number of benzene rings is 1. The smallest absolute Gasteiger partial charge is 0.305 e. The van der Waals surface area contributed by atoms with Gasteiger partial charge in [0, 0.05) is 25.6 Å². The van der Waals surface area contributed by atoms with Crippen molar-refractivity contribution in [3.63, 3.8) is 0 Å².